The van der Waals surface area contributed by atoms with Crippen LogP contribution in [0.15, 0.2) is 35.7 Å². The van der Waals surface area contributed by atoms with Gasteiger partial charge in [0.2, 0.25) is 0 Å². The van der Waals surface area contributed by atoms with Crippen LogP contribution in [0.3, 0.4) is 0 Å². The fourth-order valence-corrected chi connectivity index (χ4v) is 2.62. The van der Waals surface area contributed by atoms with Crippen molar-refractivity contribution >= 4 is 28.6 Å². The molecule has 0 unspecified atom stereocenters. The van der Waals surface area contributed by atoms with Gasteiger partial charge >= 0.3 is 0 Å². The van der Waals surface area contributed by atoms with Crippen molar-refractivity contribution in [2.75, 3.05) is 11.9 Å². The number of benzene rings is 1. The molecule has 0 aliphatic carbocycles. The number of nitrogens with zero attached hydrogens (tertiary/aromatic N) is 1. The second-order valence-electron chi connectivity index (χ2n) is 3.87. The first-order valence-electron chi connectivity index (χ1n) is 5.33. The molecule has 1 N–H and O–H groups in total. The number of anilines is 1. The van der Waals surface area contributed by atoms with Gasteiger partial charge in [-0.2, -0.15) is 0 Å². The van der Waals surface area contributed by atoms with E-state index in [-0.39, 0.29) is 6.61 Å². The number of rotatable bonds is 4. The van der Waals surface area contributed by atoms with Crippen LogP contribution in [0.25, 0.3) is 0 Å². The van der Waals surface area contributed by atoms with Crippen LogP contribution in [0.1, 0.15) is 10.4 Å². The minimum Gasteiger partial charge on any atom is -0.392 e. The summed E-state index contributed by atoms with van der Waals surface area (Å²) in [5.41, 5.74) is 1.82. The van der Waals surface area contributed by atoms with Crippen LogP contribution in [-0.4, -0.2) is 12.2 Å². The van der Waals surface area contributed by atoms with E-state index in [4.69, 9.17) is 16.7 Å². The highest BCUT2D eigenvalue weighted by Crippen LogP contribution is 2.24. The summed E-state index contributed by atoms with van der Waals surface area (Å²) in [4.78, 5) is 3.45. The molecule has 0 aliphatic rings. The number of halogens is 1. The summed E-state index contributed by atoms with van der Waals surface area (Å²) in [6.45, 7) is 0.847. The Morgan fingerprint density at radius 1 is 1.35 bits per heavy atom. The van der Waals surface area contributed by atoms with Crippen molar-refractivity contribution < 1.29 is 5.11 Å². The SMILES string of the molecule is CN(Cc1cccs1)c1ccc(CO)c(Cl)c1. The molecule has 2 rings (SSSR count). The van der Waals surface area contributed by atoms with Crippen LogP contribution in [0.2, 0.25) is 5.02 Å². The van der Waals surface area contributed by atoms with E-state index in [1.807, 2.05) is 25.2 Å². The van der Waals surface area contributed by atoms with Crippen LogP contribution < -0.4 is 4.90 Å². The maximum Gasteiger partial charge on any atom is 0.0696 e. The van der Waals surface area contributed by atoms with Gasteiger partial charge in [0, 0.05) is 22.6 Å². The lowest BCUT2D eigenvalue weighted by Crippen LogP contribution is -2.15. The van der Waals surface area contributed by atoms with E-state index >= 15 is 0 Å². The van der Waals surface area contributed by atoms with Crippen molar-refractivity contribution in [1.82, 2.24) is 0 Å². The lowest BCUT2D eigenvalue weighted by atomic mass is 10.2. The smallest absolute Gasteiger partial charge is 0.0696 e. The third-order valence-corrected chi connectivity index (χ3v) is 3.83. The first-order valence-corrected chi connectivity index (χ1v) is 6.59. The summed E-state index contributed by atoms with van der Waals surface area (Å²) in [5.74, 6) is 0. The third-order valence-electron chi connectivity index (χ3n) is 2.62. The Kier molecular flexibility index (Phi) is 4.05. The van der Waals surface area contributed by atoms with E-state index in [2.05, 4.69) is 22.4 Å². The molecule has 0 radical (unpaired) electrons. The number of hydrogen-bond donors (Lipinski definition) is 1. The topological polar surface area (TPSA) is 23.5 Å². The van der Waals surface area contributed by atoms with E-state index in [0.29, 0.717) is 5.02 Å². The molecule has 4 heteroatoms. The fraction of sp³-hybridized carbons (Fsp3) is 0.231. The molecule has 0 bridgehead atoms. The van der Waals surface area contributed by atoms with Crippen LogP contribution in [0, 0.1) is 0 Å². The zero-order valence-corrected chi connectivity index (χ0v) is 11.1. The van der Waals surface area contributed by atoms with E-state index in [0.717, 1.165) is 17.8 Å². The van der Waals surface area contributed by atoms with E-state index in [1.54, 1.807) is 11.3 Å². The summed E-state index contributed by atoms with van der Waals surface area (Å²) in [5, 5.41) is 11.7. The summed E-state index contributed by atoms with van der Waals surface area (Å²) < 4.78 is 0. The molecule has 1 aromatic heterocycles. The van der Waals surface area contributed by atoms with Gasteiger partial charge in [-0.05, 0) is 29.1 Å². The first kappa shape index (κ1) is 12.4. The van der Waals surface area contributed by atoms with Crippen LogP contribution in [-0.2, 0) is 13.2 Å². The summed E-state index contributed by atoms with van der Waals surface area (Å²) in [6, 6.07) is 9.90. The van der Waals surface area contributed by atoms with Crippen LogP contribution in [0.5, 0.6) is 0 Å². The monoisotopic (exact) mass is 267 g/mol. The summed E-state index contributed by atoms with van der Waals surface area (Å²) >= 11 is 7.81. The largest absolute Gasteiger partial charge is 0.392 e. The zero-order chi connectivity index (χ0) is 12.3. The Bertz CT molecular complexity index is 484. The summed E-state index contributed by atoms with van der Waals surface area (Å²) in [7, 11) is 2.03. The summed E-state index contributed by atoms with van der Waals surface area (Å²) in [6.07, 6.45) is 0. The van der Waals surface area contributed by atoms with Crippen molar-refractivity contribution in [3.05, 3.63) is 51.2 Å². The number of thiophene rings is 1. The van der Waals surface area contributed by atoms with Crippen molar-refractivity contribution in [2.24, 2.45) is 0 Å². The molecular formula is C13H14ClNOS. The minimum absolute atomic E-state index is 0.0201. The fourth-order valence-electron chi connectivity index (χ4n) is 1.63. The average Bonchev–Trinajstić information content (AvgIpc) is 2.81. The lowest BCUT2D eigenvalue weighted by molar-refractivity contribution is 0.282. The molecule has 1 aromatic carbocycles. The van der Waals surface area contributed by atoms with Crippen LogP contribution >= 0.6 is 22.9 Å². The highest BCUT2D eigenvalue weighted by molar-refractivity contribution is 7.09. The third kappa shape index (κ3) is 3.00. The molecule has 0 aliphatic heterocycles. The van der Waals surface area contributed by atoms with Gasteiger partial charge in [-0.1, -0.05) is 23.7 Å². The maximum absolute atomic E-state index is 9.06. The average molecular weight is 268 g/mol. The lowest BCUT2D eigenvalue weighted by Gasteiger charge is -2.19. The maximum atomic E-state index is 9.06. The molecule has 0 saturated heterocycles. The number of aliphatic hydroxyl groups excluding tert-OH is 1. The van der Waals surface area contributed by atoms with Gasteiger partial charge in [0.05, 0.1) is 13.2 Å². The second kappa shape index (κ2) is 5.54. The van der Waals surface area contributed by atoms with Gasteiger partial charge in [0.25, 0.3) is 0 Å². The molecule has 90 valence electrons. The Labute approximate surface area is 110 Å². The van der Waals surface area contributed by atoms with Gasteiger partial charge in [-0.25, -0.2) is 0 Å². The Hall–Kier alpha value is -1.03. The highest BCUT2D eigenvalue weighted by atomic mass is 35.5. The Morgan fingerprint density at radius 3 is 2.76 bits per heavy atom. The molecule has 2 aromatic rings. The Morgan fingerprint density at radius 2 is 2.18 bits per heavy atom. The van der Waals surface area contributed by atoms with Gasteiger partial charge < -0.3 is 10.0 Å². The van der Waals surface area contributed by atoms with Crippen molar-refractivity contribution in [3.8, 4) is 0 Å². The van der Waals surface area contributed by atoms with Crippen molar-refractivity contribution in [3.63, 3.8) is 0 Å². The number of hydrogen-bond acceptors (Lipinski definition) is 3. The second-order valence-corrected chi connectivity index (χ2v) is 5.31. The zero-order valence-electron chi connectivity index (χ0n) is 9.56. The molecule has 17 heavy (non-hydrogen) atoms. The standard InChI is InChI=1S/C13H14ClNOS/c1-15(8-12-3-2-6-17-12)11-5-4-10(9-16)13(14)7-11/h2-7,16H,8-9H2,1H3. The van der Waals surface area contributed by atoms with E-state index < -0.39 is 0 Å². The predicted octanol–water partition coefficient (Wildman–Crippen LogP) is 3.53. The molecule has 1 heterocycles. The van der Waals surface area contributed by atoms with E-state index in [1.165, 1.54) is 4.88 Å². The van der Waals surface area contributed by atoms with Crippen LogP contribution in [0.4, 0.5) is 5.69 Å². The van der Waals surface area contributed by atoms with Gasteiger partial charge in [-0.15, -0.1) is 11.3 Å². The minimum atomic E-state index is -0.0201. The predicted molar refractivity (Wildman–Crippen MR) is 73.8 cm³/mol. The molecule has 2 nitrogen and oxygen atoms in total. The molecule has 0 fully saturated rings. The molecule has 0 spiro atoms. The van der Waals surface area contributed by atoms with Gasteiger partial charge in [0.15, 0.2) is 0 Å². The normalized spacial score (nSPS) is 10.5. The Balaban J connectivity index is 2.14. The highest BCUT2D eigenvalue weighted by Gasteiger charge is 2.06. The van der Waals surface area contributed by atoms with E-state index in [9.17, 15) is 0 Å². The number of aliphatic hydroxyl groups is 1. The quantitative estimate of drug-likeness (QED) is 0.916. The van der Waals surface area contributed by atoms with Gasteiger partial charge in [0.1, 0.15) is 0 Å². The first-order chi connectivity index (χ1) is 8.20. The molecule has 0 saturated carbocycles. The molecular weight excluding hydrogens is 254 g/mol. The van der Waals surface area contributed by atoms with Crippen molar-refractivity contribution in [2.45, 2.75) is 13.2 Å². The van der Waals surface area contributed by atoms with Crippen molar-refractivity contribution in [1.29, 1.82) is 0 Å². The van der Waals surface area contributed by atoms with Gasteiger partial charge in [-0.3, -0.25) is 0 Å². The molecule has 0 amide bonds. The molecule has 0 atom stereocenters.